The van der Waals surface area contributed by atoms with Crippen LogP contribution in [0.3, 0.4) is 0 Å². The van der Waals surface area contributed by atoms with Gasteiger partial charge in [-0.25, -0.2) is 13.1 Å². The van der Waals surface area contributed by atoms with Crippen molar-refractivity contribution in [2.45, 2.75) is 57.6 Å². The highest BCUT2D eigenvalue weighted by atomic mass is 32.2. The van der Waals surface area contributed by atoms with E-state index in [0.29, 0.717) is 31.7 Å². The van der Waals surface area contributed by atoms with Crippen molar-refractivity contribution in [2.75, 3.05) is 18.5 Å². The van der Waals surface area contributed by atoms with E-state index >= 15 is 0 Å². The number of benzene rings is 1. The second-order valence-electron chi connectivity index (χ2n) is 7.79. The molecule has 6 nitrogen and oxygen atoms in total. The molecule has 7 heteroatoms. The molecule has 0 aromatic heterocycles. The lowest BCUT2D eigenvalue weighted by molar-refractivity contribution is -0.116. The summed E-state index contributed by atoms with van der Waals surface area (Å²) in [4.78, 5) is 12.0. The van der Waals surface area contributed by atoms with Crippen LogP contribution in [0, 0.1) is 5.92 Å². The zero-order valence-corrected chi connectivity index (χ0v) is 16.7. The number of hydrogen-bond acceptors (Lipinski definition) is 4. The van der Waals surface area contributed by atoms with E-state index in [4.69, 9.17) is 4.74 Å². The average Bonchev–Trinajstić information content (AvgIpc) is 3.37. The number of ether oxygens (including phenoxy) is 1. The van der Waals surface area contributed by atoms with Crippen molar-refractivity contribution in [2.24, 2.45) is 5.92 Å². The fourth-order valence-electron chi connectivity index (χ4n) is 2.19. The Hall–Kier alpha value is -1.60. The van der Waals surface area contributed by atoms with Crippen LogP contribution >= 0.6 is 0 Å². The molecule has 1 aromatic carbocycles. The minimum absolute atomic E-state index is 0.0738. The molecule has 1 aromatic rings. The number of carbonyl (C=O) groups excluding carboxylic acids is 1. The molecular weight excluding hydrogens is 352 g/mol. The molecule has 1 aliphatic rings. The van der Waals surface area contributed by atoms with Gasteiger partial charge in [0.1, 0.15) is 5.75 Å². The summed E-state index contributed by atoms with van der Waals surface area (Å²) in [5.74, 6) is 1.46. The van der Waals surface area contributed by atoms with E-state index in [-0.39, 0.29) is 5.91 Å². The van der Waals surface area contributed by atoms with Crippen LogP contribution in [0.25, 0.3) is 0 Å². The lowest BCUT2D eigenvalue weighted by atomic mass is 10.2. The molecule has 26 heavy (non-hydrogen) atoms. The second kappa shape index (κ2) is 8.86. The fourth-order valence-corrected chi connectivity index (χ4v) is 3.04. The van der Waals surface area contributed by atoms with Crippen LogP contribution < -0.4 is 14.8 Å². The number of nitrogens with one attached hydrogen (secondary N) is 2. The first-order valence-electron chi connectivity index (χ1n) is 9.19. The number of carbonyl (C=O) groups is 1. The van der Waals surface area contributed by atoms with Crippen LogP contribution in [0.2, 0.25) is 0 Å². The van der Waals surface area contributed by atoms with Gasteiger partial charge in [0.05, 0.1) is 11.4 Å². The van der Waals surface area contributed by atoms with Crippen LogP contribution in [0.4, 0.5) is 5.69 Å². The number of unbranched alkanes of at least 4 members (excludes halogenated alkanes) is 1. The molecule has 1 amide bonds. The molecule has 1 saturated carbocycles. The van der Waals surface area contributed by atoms with Crippen LogP contribution in [0.1, 0.15) is 52.9 Å². The molecular formula is C19H30N2O4S. The van der Waals surface area contributed by atoms with Gasteiger partial charge >= 0.3 is 0 Å². The summed E-state index contributed by atoms with van der Waals surface area (Å²) in [6, 6.07) is 7.38. The SMILES string of the molecule is CC(C)(C)S(=O)(=O)NCCCCC(=O)Nc1ccc(OCC2CC2)cc1. The van der Waals surface area contributed by atoms with E-state index in [9.17, 15) is 13.2 Å². The van der Waals surface area contributed by atoms with Gasteiger partial charge in [0.15, 0.2) is 0 Å². The van der Waals surface area contributed by atoms with Crippen molar-refractivity contribution in [1.29, 1.82) is 0 Å². The summed E-state index contributed by atoms with van der Waals surface area (Å²) in [5.41, 5.74) is 0.738. The molecule has 146 valence electrons. The van der Waals surface area contributed by atoms with Crippen LogP contribution in [0.15, 0.2) is 24.3 Å². The highest BCUT2D eigenvalue weighted by molar-refractivity contribution is 7.90. The van der Waals surface area contributed by atoms with Crippen LogP contribution in [-0.2, 0) is 14.8 Å². The molecule has 0 atom stereocenters. The Morgan fingerprint density at radius 2 is 1.81 bits per heavy atom. The van der Waals surface area contributed by atoms with E-state index in [1.165, 1.54) is 12.8 Å². The average molecular weight is 383 g/mol. The Morgan fingerprint density at radius 3 is 2.38 bits per heavy atom. The molecule has 0 unspecified atom stereocenters. The van der Waals surface area contributed by atoms with Gasteiger partial charge in [0.25, 0.3) is 0 Å². The third-order valence-corrected chi connectivity index (χ3v) is 6.45. The zero-order chi connectivity index (χ0) is 19.2. The third kappa shape index (κ3) is 6.96. The monoisotopic (exact) mass is 382 g/mol. The summed E-state index contributed by atoms with van der Waals surface area (Å²) in [6.07, 6.45) is 4.12. The molecule has 0 heterocycles. The molecule has 0 bridgehead atoms. The van der Waals surface area contributed by atoms with E-state index in [1.807, 2.05) is 24.3 Å². The van der Waals surface area contributed by atoms with Crippen molar-refractivity contribution >= 4 is 21.6 Å². The Bertz CT molecular complexity index is 689. The first-order valence-corrected chi connectivity index (χ1v) is 10.7. The number of anilines is 1. The Balaban J connectivity index is 1.62. The van der Waals surface area contributed by atoms with Gasteiger partial charge in [0.2, 0.25) is 15.9 Å². The van der Waals surface area contributed by atoms with Crippen molar-refractivity contribution in [3.8, 4) is 5.75 Å². The maximum atomic E-state index is 12.0. The number of sulfonamides is 1. The Morgan fingerprint density at radius 1 is 1.15 bits per heavy atom. The van der Waals surface area contributed by atoms with Crippen molar-refractivity contribution in [1.82, 2.24) is 4.72 Å². The van der Waals surface area contributed by atoms with Gasteiger partial charge in [-0.2, -0.15) is 0 Å². The standard InChI is InChI=1S/C19H30N2O4S/c1-19(2,3)26(23,24)20-13-5-4-6-18(22)21-16-9-11-17(12-10-16)25-14-15-7-8-15/h9-12,15,20H,4-8,13-14H2,1-3H3,(H,21,22). The number of amides is 1. The van der Waals surface area contributed by atoms with Gasteiger partial charge in [-0.05, 0) is 76.6 Å². The summed E-state index contributed by atoms with van der Waals surface area (Å²) in [5, 5.41) is 2.84. The summed E-state index contributed by atoms with van der Waals surface area (Å²) < 4.78 is 31.2. The zero-order valence-electron chi connectivity index (χ0n) is 15.9. The molecule has 2 N–H and O–H groups in total. The highest BCUT2D eigenvalue weighted by Crippen LogP contribution is 2.29. The lowest BCUT2D eigenvalue weighted by Gasteiger charge is -2.19. The molecule has 0 spiro atoms. The second-order valence-corrected chi connectivity index (χ2v) is 10.3. The maximum Gasteiger partial charge on any atom is 0.224 e. The Kier molecular flexibility index (Phi) is 7.06. The van der Waals surface area contributed by atoms with Gasteiger partial charge in [0, 0.05) is 18.7 Å². The highest BCUT2D eigenvalue weighted by Gasteiger charge is 2.28. The van der Waals surface area contributed by atoms with E-state index < -0.39 is 14.8 Å². The summed E-state index contributed by atoms with van der Waals surface area (Å²) in [6.45, 7) is 6.09. The van der Waals surface area contributed by atoms with Crippen LogP contribution in [-0.4, -0.2) is 32.2 Å². The number of hydrogen-bond donors (Lipinski definition) is 2. The maximum absolute atomic E-state index is 12.0. The third-order valence-electron chi connectivity index (χ3n) is 4.25. The Labute approximate surface area is 156 Å². The van der Waals surface area contributed by atoms with Crippen LogP contribution in [0.5, 0.6) is 5.75 Å². The molecule has 1 aliphatic carbocycles. The smallest absolute Gasteiger partial charge is 0.224 e. The van der Waals surface area contributed by atoms with E-state index in [2.05, 4.69) is 10.0 Å². The van der Waals surface area contributed by atoms with E-state index in [0.717, 1.165) is 18.0 Å². The van der Waals surface area contributed by atoms with Crippen molar-refractivity contribution in [3.05, 3.63) is 24.3 Å². The fraction of sp³-hybridized carbons (Fsp3) is 0.632. The first-order chi connectivity index (χ1) is 12.2. The first kappa shape index (κ1) is 20.7. The largest absolute Gasteiger partial charge is 0.493 e. The van der Waals surface area contributed by atoms with Crippen molar-refractivity contribution in [3.63, 3.8) is 0 Å². The predicted octanol–water partition coefficient (Wildman–Crippen LogP) is 3.30. The van der Waals surface area contributed by atoms with Gasteiger partial charge in [-0.3, -0.25) is 4.79 Å². The summed E-state index contributed by atoms with van der Waals surface area (Å²) >= 11 is 0. The predicted molar refractivity (Wildman–Crippen MR) is 104 cm³/mol. The van der Waals surface area contributed by atoms with Gasteiger partial charge in [-0.15, -0.1) is 0 Å². The lowest BCUT2D eigenvalue weighted by Crippen LogP contribution is -2.39. The number of rotatable bonds is 10. The molecule has 2 rings (SSSR count). The summed E-state index contributed by atoms with van der Waals surface area (Å²) in [7, 11) is -3.32. The van der Waals surface area contributed by atoms with Gasteiger partial charge < -0.3 is 10.1 Å². The topological polar surface area (TPSA) is 84.5 Å². The molecule has 1 fully saturated rings. The molecule has 0 radical (unpaired) electrons. The molecule has 0 saturated heterocycles. The molecule has 0 aliphatic heterocycles. The van der Waals surface area contributed by atoms with E-state index in [1.54, 1.807) is 20.8 Å². The quantitative estimate of drug-likeness (QED) is 0.608. The normalized spacial score (nSPS) is 14.9. The van der Waals surface area contributed by atoms with Crippen molar-refractivity contribution < 1.29 is 17.9 Å². The van der Waals surface area contributed by atoms with Gasteiger partial charge in [-0.1, -0.05) is 0 Å². The minimum atomic E-state index is -3.32. The minimum Gasteiger partial charge on any atom is -0.493 e.